The highest BCUT2D eigenvalue weighted by atomic mass is 32.2. The van der Waals surface area contributed by atoms with Gasteiger partial charge in [-0.05, 0) is 18.7 Å². The first-order chi connectivity index (χ1) is 10.2. The number of benzene rings is 1. The SMILES string of the molecule is CCNC(=O)c1sc(NCc2ccccc2)c(SC)c1N. The second-order valence-electron chi connectivity index (χ2n) is 4.41. The van der Waals surface area contributed by atoms with E-state index in [1.807, 2.05) is 31.4 Å². The third kappa shape index (κ3) is 3.71. The van der Waals surface area contributed by atoms with Gasteiger partial charge in [0, 0.05) is 13.1 Å². The van der Waals surface area contributed by atoms with E-state index in [1.165, 1.54) is 16.9 Å². The van der Waals surface area contributed by atoms with Gasteiger partial charge in [-0.1, -0.05) is 30.3 Å². The van der Waals surface area contributed by atoms with Crippen LogP contribution in [0, 0.1) is 0 Å². The number of hydrogen-bond acceptors (Lipinski definition) is 5. The number of thiophene rings is 1. The van der Waals surface area contributed by atoms with Crippen LogP contribution >= 0.6 is 23.1 Å². The first kappa shape index (κ1) is 15.7. The molecule has 0 unspecified atom stereocenters. The zero-order chi connectivity index (χ0) is 15.2. The van der Waals surface area contributed by atoms with Crippen molar-refractivity contribution in [1.82, 2.24) is 5.32 Å². The molecule has 0 fully saturated rings. The van der Waals surface area contributed by atoms with E-state index in [-0.39, 0.29) is 5.91 Å². The summed E-state index contributed by atoms with van der Waals surface area (Å²) in [5, 5.41) is 7.12. The van der Waals surface area contributed by atoms with E-state index >= 15 is 0 Å². The Kier molecular flexibility index (Phi) is 5.52. The summed E-state index contributed by atoms with van der Waals surface area (Å²) in [6, 6.07) is 10.1. The van der Waals surface area contributed by atoms with Crippen LogP contribution in [0.25, 0.3) is 0 Å². The number of anilines is 2. The van der Waals surface area contributed by atoms with E-state index in [0.717, 1.165) is 9.90 Å². The Morgan fingerprint density at radius 3 is 2.67 bits per heavy atom. The lowest BCUT2D eigenvalue weighted by Crippen LogP contribution is -2.22. The molecule has 4 N–H and O–H groups in total. The molecule has 0 radical (unpaired) electrons. The Hall–Kier alpha value is -1.66. The molecule has 0 bridgehead atoms. The Labute approximate surface area is 133 Å². The van der Waals surface area contributed by atoms with Crippen LogP contribution < -0.4 is 16.4 Å². The highest BCUT2D eigenvalue weighted by Crippen LogP contribution is 2.41. The molecule has 0 atom stereocenters. The summed E-state index contributed by atoms with van der Waals surface area (Å²) in [5.74, 6) is -0.108. The van der Waals surface area contributed by atoms with Gasteiger partial charge in [0.05, 0.1) is 10.6 Å². The lowest BCUT2D eigenvalue weighted by molar-refractivity contribution is 0.0960. The van der Waals surface area contributed by atoms with Crippen molar-refractivity contribution < 1.29 is 4.79 Å². The van der Waals surface area contributed by atoms with E-state index in [1.54, 1.807) is 11.8 Å². The molecule has 4 nitrogen and oxygen atoms in total. The summed E-state index contributed by atoms with van der Waals surface area (Å²) in [4.78, 5) is 13.5. The first-order valence-corrected chi connectivity index (χ1v) is 8.73. The molecule has 0 aliphatic heterocycles. The lowest BCUT2D eigenvalue weighted by atomic mass is 10.2. The van der Waals surface area contributed by atoms with Crippen LogP contribution in [0.3, 0.4) is 0 Å². The van der Waals surface area contributed by atoms with Crippen LogP contribution in [0.15, 0.2) is 35.2 Å². The van der Waals surface area contributed by atoms with Crippen molar-refractivity contribution in [3.63, 3.8) is 0 Å². The van der Waals surface area contributed by atoms with Gasteiger partial charge >= 0.3 is 0 Å². The van der Waals surface area contributed by atoms with Crippen LogP contribution in [0.1, 0.15) is 22.2 Å². The smallest absolute Gasteiger partial charge is 0.263 e. The average molecular weight is 321 g/mol. The standard InChI is InChI=1S/C15H19N3OS2/c1-3-17-14(19)12-11(16)13(20-2)15(21-12)18-9-10-7-5-4-6-8-10/h4-8,18H,3,9,16H2,1-2H3,(H,17,19). The molecule has 1 aromatic heterocycles. The Bertz CT molecular complexity index is 611. The predicted octanol–water partition coefficient (Wildman–Crippen LogP) is 3.41. The highest BCUT2D eigenvalue weighted by Gasteiger charge is 2.20. The molecular weight excluding hydrogens is 302 g/mol. The summed E-state index contributed by atoms with van der Waals surface area (Å²) in [6.07, 6.45) is 1.97. The van der Waals surface area contributed by atoms with Crippen molar-refractivity contribution in [2.45, 2.75) is 18.4 Å². The molecule has 0 saturated heterocycles. The maximum atomic E-state index is 12.0. The molecule has 1 aromatic carbocycles. The highest BCUT2D eigenvalue weighted by molar-refractivity contribution is 7.99. The van der Waals surface area contributed by atoms with Gasteiger partial charge in [0.15, 0.2) is 0 Å². The maximum absolute atomic E-state index is 12.0. The molecule has 2 aromatic rings. The Morgan fingerprint density at radius 1 is 1.33 bits per heavy atom. The fourth-order valence-electron chi connectivity index (χ4n) is 1.94. The van der Waals surface area contributed by atoms with Gasteiger partial charge in [-0.15, -0.1) is 23.1 Å². The molecule has 0 saturated carbocycles. The quantitative estimate of drug-likeness (QED) is 0.713. The van der Waals surface area contributed by atoms with Crippen molar-refractivity contribution in [3.05, 3.63) is 40.8 Å². The van der Waals surface area contributed by atoms with Gasteiger partial charge in [-0.25, -0.2) is 0 Å². The van der Waals surface area contributed by atoms with Crippen molar-refractivity contribution in [2.24, 2.45) is 0 Å². The van der Waals surface area contributed by atoms with Gasteiger partial charge in [0.1, 0.15) is 9.88 Å². The third-order valence-electron chi connectivity index (χ3n) is 2.94. The number of nitrogens with two attached hydrogens (primary N) is 1. The number of hydrogen-bond donors (Lipinski definition) is 3. The van der Waals surface area contributed by atoms with E-state index < -0.39 is 0 Å². The molecule has 0 spiro atoms. The van der Waals surface area contributed by atoms with Crippen LogP contribution in [0.4, 0.5) is 10.7 Å². The number of nitrogen functional groups attached to an aromatic ring is 1. The van der Waals surface area contributed by atoms with Crippen molar-refractivity contribution in [3.8, 4) is 0 Å². The molecule has 2 rings (SSSR count). The summed E-state index contributed by atoms with van der Waals surface area (Å²) in [6.45, 7) is 3.20. The molecule has 112 valence electrons. The zero-order valence-electron chi connectivity index (χ0n) is 12.1. The second kappa shape index (κ2) is 7.38. The van der Waals surface area contributed by atoms with Gasteiger partial charge in [0.2, 0.25) is 0 Å². The van der Waals surface area contributed by atoms with Crippen LogP contribution in [0.2, 0.25) is 0 Å². The number of amides is 1. The molecule has 1 heterocycles. The van der Waals surface area contributed by atoms with Crippen LogP contribution in [-0.4, -0.2) is 18.7 Å². The minimum Gasteiger partial charge on any atom is -0.396 e. The molecule has 0 aliphatic carbocycles. The average Bonchev–Trinajstić information content (AvgIpc) is 2.82. The summed E-state index contributed by atoms with van der Waals surface area (Å²) in [5.41, 5.74) is 7.86. The molecular formula is C15H19N3OS2. The summed E-state index contributed by atoms with van der Waals surface area (Å²) >= 11 is 2.97. The molecule has 6 heteroatoms. The number of rotatable bonds is 6. The lowest BCUT2D eigenvalue weighted by Gasteiger charge is -2.06. The van der Waals surface area contributed by atoms with Crippen molar-refractivity contribution in [2.75, 3.05) is 23.9 Å². The molecule has 0 aliphatic rings. The maximum Gasteiger partial charge on any atom is 0.263 e. The minimum atomic E-state index is -0.108. The topological polar surface area (TPSA) is 67.2 Å². The monoisotopic (exact) mass is 321 g/mol. The zero-order valence-corrected chi connectivity index (χ0v) is 13.7. The van der Waals surface area contributed by atoms with Crippen molar-refractivity contribution >= 4 is 39.7 Å². The van der Waals surface area contributed by atoms with Crippen molar-refractivity contribution in [1.29, 1.82) is 0 Å². The van der Waals surface area contributed by atoms with E-state index in [2.05, 4.69) is 22.8 Å². The number of carbonyl (C=O) groups is 1. The van der Waals surface area contributed by atoms with E-state index in [9.17, 15) is 4.79 Å². The molecule has 1 amide bonds. The Morgan fingerprint density at radius 2 is 2.05 bits per heavy atom. The number of nitrogens with one attached hydrogen (secondary N) is 2. The second-order valence-corrected chi connectivity index (χ2v) is 6.24. The fraction of sp³-hybridized carbons (Fsp3) is 0.267. The fourth-order valence-corrected chi connectivity index (χ4v) is 3.88. The molecule has 21 heavy (non-hydrogen) atoms. The van der Waals surface area contributed by atoms with Crippen LogP contribution in [-0.2, 0) is 6.54 Å². The largest absolute Gasteiger partial charge is 0.396 e. The van der Waals surface area contributed by atoms with E-state index in [0.29, 0.717) is 23.7 Å². The van der Waals surface area contributed by atoms with E-state index in [4.69, 9.17) is 5.73 Å². The normalized spacial score (nSPS) is 10.4. The van der Waals surface area contributed by atoms with Gasteiger partial charge in [0.25, 0.3) is 5.91 Å². The Balaban J connectivity index is 2.19. The van der Waals surface area contributed by atoms with Gasteiger partial charge in [-0.2, -0.15) is 0 Å². The van der Waals surface area contributed by atoms with Gasteiger partial charge in [-0.3, -0.25) is 4.79 Å². The predicted molar refractivity (Wildman–Crippen MR) is 92.3 cm³/mol. The first-order valence-electron chi connectivity index (χ1n) is 6.69. The third-order valence-corrected chi connectivity index (χ3v) is 5.07. The van der Waals surface area contributed by atoms with Crippen LogP contribution in [0.5, 0.6) is 0 Å². The minimum absolute atomic E-state index is 0.108. The number of thioether (sulfide) groups is 1. The number of carbonyl (C=O) groups excluding carboxylic acids is 1. The van der Waals surface area contributed by atoms with Gasteiger partial charge < -0.3 is 16.4 Å². The summed E-state index contributed by atoms with van der Waals surface area (Å²) in [7, 11) is 0. The summed E-state index contributed by atoms with van der Waals surface area (Å²) < 4.78 is 0.